The van der Waals surface area contributed by atoms with Gasteiger partial charge in [0.1, 0.15) is 5.60 Å². The van der Waals surface area contributed by atoms with Crippen LogP contribution in [-0.2, 0) is 4.74 Å². The van der Waals surface area contributed by atoms with E-state index in [0.29, 0.717) is 6.54 Å². The number of rotatable bonds is 1. The fourth-order valence-electron chi connectivity index (χ4n) is 2.86. The second kappa shape index (κ2) is 3.99. The molecule has 1 amide bonds. The summed E-state index contributed by atoms with van der Waals surface area (Å²) < 4.78 is 5.59. The summed E-state index contributed by atoms with van der Waals surface area (Å²) in [6.07, 6.45) is 0.686. The zero-order valence-corrected chi connectivity index (χ0v) is 10.8. The largest absolute Gasteiger partial charge is 0.439 e. The summed E-state index contributed by atoms with van der Waals surface area (Å²) in [6, 6.07) is 6.14. The Kier molecular flexibility index (Phi) is 2.55. The quantitative estimate of drug-likeness (QED) is 0.824. The number of aryl methyl sites for hydroxylation is 2. The molecule has 1 spiro atoms. The maximum atomic E-state index is 12.0. The van der Waals surface area contributed by atoms with E-state index in [1.54, 1.807) is 4.90 Å². The molecule has 3 rings (SSSR count). The molecule has 4 nitrogen and oxygen atoms in total. The lowest BCUT2D eigenvalue weighted by molar-refractivity contribution is 0.0733. The molecule has 1 aromatic rings. The van der Waals surface area contributed by atoms with Crippen molar-refractivity contribution in [1.29, 1.82) is 0 Å². The smallest absolute Gasteiger partial charge is 0.415 e. The molecule has 0 aromatic heterocycles. The van der Waals surface area contributed by atoms with Crippen LogP contribution in [0.4, 0.5) is 10.5 Å². The van der Waals surface area contributed by atoms with Gasteiger partial charge in [-0.3, -0.25) is 4.90 Å². The topological polar surface area (TPSA) is 41.6 Å². The first-order valence-electron chi connectivity index (χ1n) is 6.38. The molecule has 1 N–H and O–H groups in total. The lowest BCUT2D eigenvalue weighted by Gasteiger charge is -2.20. The van der Waals surface area contributed by atoms with Gasteiger partial charge in [0, 0.05) is 13.0 Å². The van der Waals surface area contributed by atoms with E-state index < -0.39 is 0 Å². The van der Waals surface area contributed by atoms with Crippen molar-refractivity contribution in [2.75, 3.05) is 24.5 Å². The van der Waals surface area contributed by atoms with Crippen LogP contribution in [0.2, 0.25) is 0 Å². The molecule has 1 atom stereocenters. The van der Waals surface area contributed by atoms with Gasteiger partial charge in [-0.05, 0) is 32.0 Å². The molecule has 2 fully saturated rings. The lowest BCUT2D eigenvalue weighted by Crippen LogP contribution is -2.36. The number of benzene rings is 1. The molecule has 4 heteroatoms. The van der Waals surface area contributed by atoms with Crippen LogP contribution in [0.25, 0.3) is 0 Å². The van der Waals surface area contributed by atoms with Crippen LogP contribution < -0.4 is 10.2 Å². The normalized spacial score (nSPS) is 27.0. The highest BCUT2D eigenvalue weighted by molar-refractivity contribution is 5.91. The minimum absolute atomic E-state index is 0.217. The molecular formula is C14H18N2O2. The predicted molar refractivity (Wildman–Crippen MR) is 70.0 cm³/mol. The highest BCUT2D eigenvalue weighted by Crippen LogP contribution is 2.33. The van der Waals surface area contributed by atoms with E-state index in [4.69, 9.17) is 4.74 Å². The first kappa shape index (κ1) is 11.5. The summed E-state index contributed by atoms with van der Waals surface area (Å²) in [5, 5.41) is 3.27. The van der Waals surface area contributed by atoms with Crippen molar-refractivity contribution in [2.45, 2.75) is 25.9 Å². The third-order valence-electron chi connectivity index (χ3n) is 3.82. The Balaban J connectivity index is 1.90. The zero-order chi connectivity index (χ0) is 12.8. The molecule has 1 aromatic carbocycles. The van der Waals surface area contributed by atoms with E-state index in [9.17, 15) is 4.79 Å². The number of hydrogen-bond acceptors (Lipinski definition) is 3. The first-order valence-corrected chi connectivity index (χ1v) is 6.38. The number of hydrogen-bond donors (Lipinski definition) is 1. The number of carbonyl (C=O) groups excluding carboxylic acids is 1. The maximum absolute atomic E-state index is 12.0. The molecule has 0 radical (unpaired) electrons. The fraction of sp³-hybridized carbons (Fsp3) is 0.500. The van der Waals surface area contributed by atoms with Gasteiger partial charge in [-0.25, -0.2) is 4.79 Å². The third kappa shape index (κ3) is 1.77. The summed E-state index contributed by atoms with van der Waals surface area (Å²) >= 11 is 0. The molecule has 0 saturated carbocycles. The fourth-order valence-corrected chi connectivity index (χ4v) is 2.86. The predicted octanol–water partition coefficient (Wildman–Crippen LogP) is 1.99. The number of nitrogens with zero attached hydrogens (tertiary/aromatic N) is 1. The number of carbonyl (C=O) groups is 1. The third-order valence-corrected chi connectivity index (χ3v) is 3.82. The van der Waals surface area contributed by atoms with Gasteiger partial charge >= 0.3 is 6.09 Å². The minimum Gasteiger partial charge on any atom is -0.439 e. The van der Waals surface area contributed by atoms with Crippen LogP contribution in [0.3, 0.4) is 0 Å². The van der Waals surface area contributed by atoms with Gasteiger partial charge in [-0.1, -0.05) is 17.7 Å². The van der Waals surface area contributed by atoms with Crippen LogP contribution in [0.15, 0.2) is 18.2 Å². The van der Waals surface area contributed by atoms with Crippen LogP contribution >= 0.6 is 0 Å². The molecule has 2 heterocycles. The molecule has 0 aliphatic carbocycles. The lowest BCUT2D eigenvalue weighted by atomic mass is 10.0. The Morgan fingerprint density at radius 3 is 2.89 bits per heavy atom. The average Bonchev–Trinajstić information content (AvgIpc) is 2.87. The van der Waals surface area contributed by atoms with E-state index in [0.717, 1.165) is 30.8 Å². The highest BCUT2D eigenvalue weighted by Gasteiger charge is 2.47. The summed E-state index contributed by atoms with van der Waals surface area (Å²) in [5.41, 5.74) is 2.99. The second-order valence-corrected chi connectivity index (χ2v) is 5.35. The van der Waals surface area contributed by atoms with E-state index in [1.807, 2.05) is 19.1 Å². The van der Waals surface area contributed by atoms with Gasteiger partial charge in [0.2, 0.25) is 0 Å². The van der Waals surface area contributed by atoms with Crippen LogP contribution in [0, 0.1) is 13.8 Å². The van der Waals surface area contributed by atoms with E-state index in [2.05, 4.69) is 18.3 Å². The highest BCUT2D eigenvalue weighted by atomic mass is 16.6. The molecule has 2 aliphatic rings. The van der Waals surface area contributed by atoms with Crippen molar-refractivity contribution in [1.82, 2.24) is 5.32 Å². The molecule has 2 aliphatic heterocycles. The van der Waals surface area contributed by atoms with Crippen molar-refractivity contribution >= 4 is 11.8 Å². The van der Waals surface area contributed by atoms with Gasteiger partial charge in [0.05, 0.1) is 12.2 Å². The summed E-state index contributed by atoms with van der Waals surface area (Å²) in [7, 11) is 0. The van der Waals surface area contributed by atoms with Crippen molar-refractivity contribution < 1.29 is 9.53 Å². The van der Waals surface area contributed by atoms with Gasteiger partial charge in [-0.15, -0.1) is 0 Å². The summed E-state index contributed by atoms with van der Waals surface area (Å²) in [6.45, 7) is 6.44. The van der Waals surface area contributed by atoms with Crippen molar-refractivity contribution in [2.24, 2.45) is 0 Å². The Hall–Kier alpha value is -1.55. The SMILES string of the molecule is Cc1ccc(N2CC3(CCNC3)OC2=O)c(C)c1. The maximum Gasteiger partial charge on any atom is 0.415 e. The molecule has 2 saturated heterocycles. The van der Waals surface area contributed by atoms with Crippen molar-refractivity contribution in [3.05, 3.63) is 29.3 Å². The van der Waals surface area contributed by atoms with E-state index >= 15 is 0 Å². The van der Waals surface area contributed by atoms with Gasteiger partial charge in [0.15, 0.2) is 0 Å². The summed E-state index contributed by atoms with van der Waals surface area (Å²) in [5.74, 6) is 0. The van der Waals surface area contributed by atoms with Gasteiger partial charge in [-0.2, -0.15) is 0 Å². The van der Waals surface area contributed by atoms with Crippen molar-refractivity contribution in [3.8, 4) is 0 Å². The average molecular weight is 246 g/mol. The zero-order valence-electron chi connectivity index (χ0n) is 10.8. The van der Waals surface area contributed by atoms with E-state index in [-0.39, 0.29) is 11.7 Å². The van der Waals surface area contributed by atoms with Crippen LogP contribution in [0.1, 0.15) is 17.5 Å². The van der Waals surface area contributed by atoms with Crippen molar-refractivity contribution in [3.63, 3.8) is 0 Å². The van der Waals surface area contributed by atoms with Crippen LogP contribution in [0.5, 0.6) is 0 Å². The monoisotopic (exact) mass is 246 g/mol. The molecule has 96 valence electrons. The van der Waals surface area contributed by atoms with Crippen LogP contribution in [-0.4, -0.2) is 31.3 Å². The Bertz CT molecular complexity index is 493. The van der Waals surface area contributed by atoms with E-state index in [1.165, 1.54) is 5.56 Å². The summed E-state index contributed by atoms with van der Waals surface area (Å²) in [4.78, 5) is 13.8. The standard InChI is InChI=1S/C14H18N2O2/c1-10-3-4-12(11(2)7-10)16-9-14(18-13(16)17)5-6-15-8-14/h3-4,7,15H,5-6,8-9H2,1-2H3. The first-order chi connectivity index (χ1) is 8.60. The Morgan fingerprint density at radius 2 is 2.22 bits per heavy atom. The number of nitrogens with one attached hydrogen (secondary N) is 1. The molecule has 18 heavy (non-hydrogen) atoms. The van der Waals surface area contributed by atoms with Gasteiger partial charge < -0.3 is 10.1 Å². The number of amides is 1. The second-order valence-electron chi connectivity index (χ2n) is 5.35. The Labute approximate surface area is 107 Å². The molecular weight excluding hydrogens is 228 g/mol. The number of anilines is 1. The minimum atomic E-state index is -0.311. The molecule has 1 unspecified atom stereocenters. The van der Waals surface area contributed by atoms with Gasteiger partial charge in [0.25, 0.3) is 0 Å². The number of ether oxygens (including phenoxy) is 1. The molecule has 0 bridgehead atoms. The Morgan fingerprint density at radius 1 is 1.39 bits per heavy atom.